The molecule has 2 rings (SSSR count). The Balaban J connectivity index is 2.23. The highest BCUT2D eigenvalue weighted by molar-refractivity contribution is 5.83. The van der Waals surface area contributed by atoms with E-state index in [-0.39, 0.29) is 11.1 Å². The third-order valence-electron chi connectivity index (χ3n) is 3.41. The van der Waals surface area contributed by atoms with E-state index >= 15 is 0 Å². The summed E-state index contributed by atoms with van der Waals surface area (Å²) < 4.78 is 54.2. The molecule has 0 bridgehead atoms. The third kappa shape index (κ3) is 4.31. The molecule has 0 aliphatic heterocycles. The summed E-state index contributed by atoms with van der Waals surface area (Å²) in [5.74, 6) is -4.64. The molecule has 0 aromatic heterocycles. The van der Waals surface area contributed by atoms with Crippen LogP contribution < -0.4 is 0 Å². The second kappa shape index (κ2) is 7.77. The minimum Gasteiger partial charge on any atom is -0.204 e. The molecule has 0 aliphatic rings. The Bertz CT molecular complexity index is 728. The van der Waals surface area contributed by atoms with Crippen LogP contribution in [0.4, 0.5) is 17.6 Å². The topological polar surface area (TPSA) is 0 Å². The van der Waals surface area contributed by atoms with Gasteiger partial charge in [0.1, 0.15) is 0 Å². The maximum absolute atomic E-state index is 14.2. The van der Waals surface area contributed by atoms with E-state index in [1.807, 2.05) is 19.1 Å². The largest absolute Gasteiger partial charge is 0.204 e. The summed E-state index contributed by atoms with van der Waals surface area (Å²) >= 11 is 0. The maximum Gasteiger partial charge on any atom is 0.166 e. The molecule has 0 spiro atoms. The smallest absolute Gasteiger partial charge is 0.166 e. The number of halogens is 4. The highest BCUT2D eigenvalue weighted by Crippen LogP contribution is 2.29. The summed E-state index contributed by atoms with van der Waals surface area (Å²) in [4.78, 5) is 0. The molecule has 0 saturated heterocycles. The van der Waals surface area contributed by atoms with E-state index in [4.69, 9.17) is 0 Å². The quantitative estimate of drug-likeness (QED) is 0.347. The maximum atomic E-state index is 14.2. The molecule has 0 radical (unpaired) electrons. The molecule has 120 valence electrons. The third-order valence-corrected chi connectivity index (χ3v) is 3.41. The van der Waals surface area contributed by atoms with E-state index in [1.54, 1.807) is 12.1 Å². The number of hydrogen-bond donors (Lipinski definition) is 0. The normalized spacial score (nSPS) is 12.6. The molecular formula is C19H16F4. The number of allylic oxidation sites excluding steroid dienone is 2. The van der Waals surface area contributed by atoms with Gasteiger partial charge in [-0.15, -0.1) is 0 Å². The van der Waals surface area contributed by atoms with Crippen LogP contribution in [-0.2, 0) is 6.42 Å². The molecule has 0 aliphatic carbocycles. The Hall–Kier alpha value is -2.36. The summed E-state index contributed by atoms with van der Waals surface area (Å²) in [5.41, 5.74) is 0.730. The molecule has 2 aromatic rings. The van der Waals surface area contributed by atoms with Gasteiger partial charge in [0.05, 0.1) is 0 Å². The second-order valence-corrected chi connectivity index (χ2v) is 5.06. The first-order chi connectivity index (χ1) is 11.0. The molecule has 0 nitrogen and oxygen atoms in total. The van der Waals surface area contributed by atoms with Gasteiger partial charge < -0.3 is 0 Å². The molecule has 0 N–H and O–H groups in total. The number of benzene rings is 2. The minimum absolute atomic E-state index is 0.0574. The predicted octanol–water partition coefficient (Wildman–Crippen LogP) is 6.24. The van der Waals surface area contributed by atoms with Gasteiger partial charge in [0.2, 0.25) is 0 Å². The van der Waals surface area contributed by atoms with Crippen LogP contribution in [0.25, 0.3) is 11.7 Å². The van der Waals surface area contributed by atoms with Crippen LogP contribution >= 0.6 is 0 Å². The summed E-state index contributed by atoms with van der Waals surface area (Å²) in [6, 6.07) is 8.78. The Morgan fingerprint density at radius 1 is 0.870 bits per heavy atom. The van der Waals surface area contributed by atoms with Crippen molar-refractivity contribution in [2.24, 2.45) is 0 Å². The fourth-order valence-electron chi connectivity index (χ4n) is 2.12. The molecular weight excluding hydrogens is 304 g/mol. The van der Waals surface area contributed by atoms with Crippen molar-refractivity contribution in [3.05, 3.63) is 82.9 Å². The molecule has 0 saturated carbocycles. The molecule has 0 atom stereocenters. The molecule has 0 unspecified atom stereocenters. The monoisotopic (exact) mass is 320 g/mol. The van der Waals surface area contributed by atoms with Gasteiger partial charge in [-0.25, -0.2) is 17.6 Å². The van der Waals surface area contributed by atoms with E-state index in [1.165, 1.54) is 12.1 Å². The lowest BCUT2D eigenvalue weighted by Gasteiger charge is -2.04. The Kier molecular flexibility index (Phi) is 5.74. The molecule has 4 heteroatoms. The van der Waals surface area contributed by atoms with Gasteiger partial charge in [0, 0.05) is 11.1 Å². The Morgan fingerprint density at radius 2 is 1.48 bits per heavy atom. The van der Waals surface area contributed by atoms with Crippen molar-refractivity contribution in [3.8, 4) is 0 Å². The van der Waals surface area contributed by atoms with Crippen molar-refractivity contribution in [1.29, 1.82) is 0 Å². The molecule has 0 heterocycles. The zero-order valence-electron chi connectivity index (χ0n) is 12.6. The summed E-state index contributed by atoms with van der Waals surface area (Å²) in [6.07, 6.45) is 5.66. The van der Waals surface area contributed by atoms with Crippen molar-refractivity contribution in [2.75, 3.05) is 0 Å². The predicted molar refractivity (Wildman–Crippen MR) is 85.0 cm³/mol. The lowest BCUT2D eigenvalue weighted by Crippen LogP contribution is -1.90. The number of aryl methyl sites for hydroxylation is 1. The number of rotatable bonds is 5. The van der Waals surface area contributed by atoms with Gasteiger partial charge in [0.15, 0.2) is 23.3 Å². The Labute approximate surface area is 132 Å². The van der Waals surface area contributed by atoms with Crippen LogP contribution in [-0.4, -0.2) is 0 Å². The lowest BCUT2D eigenvalue weighted by atomic mass is 10.0. The average Bonchev–Trinajstić information content (AvgIpc) is 2.57. The van der Waals surface area contributed by atoms with Crippen molar-refractivity contribution in [1.82, 2.24) is 0 Å². The zero-order chi connectivity index (χ0) is 16.8. The van der Waals surface area contributed by atoms with Gasteiger partial charge in [-0.3, -0.25) is 0 Å². The molecule has 0 fully saturated rings. The fraction of sp³-hybridized carbons (Fsp3) is 0.158. The molecule has 23 heavy (non-hydrogen) atoms. The second-order valence-electron chi connectivity index (χ2n) is 5.06. The summed E-state index contributed by atoms with van der Waals surface area (Å²) in [5, 5.41) is 0. The van der Waals surface area contributed by atoms with Crippen LogP contribution in [0, 0.1) is 11.6 Å². The van der Waals surface area contributed by atoms with Crippen molar-refractivity contribution in [3.63, 3.8) is 0 Å². The van der Waals surface area contributed by atoms with Gasteiger partial charge in [-0.05, 0) is 43.5 Å². The van der Waals surface area contributed by atoms with E-state index < -0.39 is 23.3 Å². The van der Waals surface area contributed by atoms with Crippen molar-refractivity contribution >= 4 is 11.7 Å². The SMILES string of the molecule is CC=CCCc1ccc(C(F)=C(F)c2ccc(F)c(F)c2)cc1. The van der Waals surface area contributed by atoms with Crippen LogP contribution in [0.15, 0.2) is 54.6 Å². The van der Waals surface area contributed by atoms with E-state index in [2.05, 4.69) is 0 Å². The van der Waals surface area contributed by atoms with Gasteiger partial charge >= 0.3 is 0 Å². The Morgan fingerprint density at radius 3 is 2.09 bits per heavy atom. The van der Waals surface area contributed by atoms with E-state index in [0.29, 0.717) is 6.07 Å². The summed E-state index contributed by atoms with van der Waals surface area (Å²) in [6.45, 7) is 1.93. The summed E-state index contributed by atoms with van der Waals surface area (Å²) in [7, 11) is 0. The van der Waals surface area contributed by atoms with Gasteiger partial charge in [0.25, 0.3) is 0 Å². The van der Waals surface area contributed by atoms with Crippen LogP contribution in [0.5, 0.6) is 0 Å². The first-order valence-electron chi connectivity index (χ1n) is 7.24. The average molecular weight is 320 g/mol. The van der Waals surface area contributed by atoms with Crippen LogP contribution in [0.3, 0.4) is 0 Å². The van der Waals surface area contributed by atoms with Crippen LogP contribution in [0.2, 0.25) is 0 Å². The van der Waals surface area contributed by atoms with Gasteiger partial charge in [-0.2, -0.15) is 0 Å². The number of hydrogen-bond acceptors (Lipinski definition) is 0. The van der Waals surface area contributed by atoms with Crippen LogP contribution in [0.1, 0.15) is 30.0 Å². The highest BCUT2D eigenvalue weighted by atomic mass is 19.2. The standard InChI is InChI=1S/C19H16F4/c1-2-3-4-5-13-6-8-14(9-7-13)18(22)19(23)15-10-11-16(20)17(21)12-15/h2-3,6-12H,4-5H2,1H3. The van der Waals surface area contributed by atoms with Crippen molar-refractivity contribution < 1.29 is 17.6 Å². The fourth-order valence-corrected chi connectivity index (χ4v) is 2.12. The zero-order valence-corrected chi connectivity index (χ0v) is 12.6. The highest BCUT2D eigenvalue weighted by Gasteiger charge is 2.13. The van der Waals surface area contributed by atoms with Crippen molar-refractivity contribution in [2.45, 2.75) is 19.8 Å². The first kappa shape index (κ1) is 17.0. The van der Waals surface area contributed by atoms with E-state index in [9.17, 15) is 17.6 Å². The van der Waals surface area contributed by atoms with Gasteiger partial charge in [-0.1, -0.05) is 36.4 Å². The lowest BCUT2D eigenvalue weighted by molar-refractivity contribution is 0.507. The molecule has 0 amide bonds. The van der Waals surface area contributed by atoms with E-state index in [0.717, 1.165) is 30.5 Å². The molecule has 2 aromatic carbocycles. The minimum atomic E-state index is -1.22. The first-order valence-corrected chi connectivity index (χ1v) is 7.24.